The number of hydrogen-bond donors (Lipinski definition) is 1. The Labute approximate surface area is 153 Å². The number of rotatable bonds is 4. The number of carbonyl (C=O) groups excluding carboxylic acids is 1. The van der Waals surface area contributed by atoms with Gasteiger partial charge in [0.1, 0.15) is 0 Å². The maximum Gasteiger partial charge on any atom is 0.308 e. The van der Waals surface area contributed by atoms with Crippen LogP contribution in [0.5, 0.6) is 0 Å². The van der Waals surface area contributed by atoms with E-state index in [1.165, 1.54) is 33.5 Å². The Morgan fingerprint density at radius 3 is 2.12 bits per heavy atom. The van der Waals surface area contributed by atoms with Gasteiger partial charge < -0.3 is 10.0 Å². The van der Waals surface area contributed by atoms with Crippen molar-refractivity contribution in [3.8, 4) is 0 Å². The van der Waals surface area contributed by atoms with Crippen molar-refractivity contribution in [3.63, 3.8) is 0 Å². The van der Waals surface area contributed by atoms with Gasteiger partial charge in [-0.25, -0.2) is 8.42 Å². The molecular weight excluding hydrogens is 356 g/mol. The zero-order valence-corrected chi connectivity index (χ0v) is 15.5. The van der Waals surface area contributed by atoms with Gasteiger partial charge in [0, 0.05) is 31.7 Å². The van der Waals surface area contributed by atoms with Crippen molar-refractivity contribution in [2.45, 2.75) is 37.0 Å². The van der Waals surface area contributed by atoms with Gasteiger partial charge in [-0.05, 0) is 43.5 Å². The van der Waals surface area contributed by atoms with E-state index in [0.717, 1.165) is 25.7 Å². The van der Waals surface area contributed by atoms with Crippen LogP contribution in [0.1, 0.15) is 42.5 Å². The molecule has 1 N–H and O–H groups in total. The Kier molecular flexibility index (Phi) is 5.62. The molecule has 2 heterocycles. The molecule has 0 saturated carbocycles. The van der Waals surface area contributed by atoms with Gasteiger partial charge in [0.05, 0.1) is 10.8 Å². The van der Waals surface area contributed by atoms with E-state index in [1.807, 2.05) is 0 Å². The molecule has 2 saturated heterocycles. The van der Waals surface area contributed by atoms with E-state index in [1.54, 1.807) is 0 Å². The summed E-state index contributed by atoms with van der Waals surface area (Å²) >= 11 is 0. The zero-order chi connectivity index (χ0) is 18.7. The van der Waals surface area contributed by atoms with Crippen molar-refractivity contribution >= 4 is 21.9 Å². The molecule has 26 heavy (non-hydrogen) atoms. The van der Waals surface area contributed by atoms with E-state index in [2.05, 4.69) is 0 Å². The summed E-state index contributed by atoms with van der Waals surface area (Å²) in [7, 11) is -3.54. The summed E-state index contributed by atoms with van der Waals surface area (Å²) in [5.74, 6) is -1.67. The molecule has 2 aliphatic heterocycles. The number of carboxylic acid groups (broad SMARTS) is 1. The van der Waals surface area contributed by atoms with Crippen molar-refractivity contribution in [3.05, 3.63) is 29.8 Å². The molecule has 2 fully saturated rings. The number of likely N-dealkylation sites (tertiary alicyclic amines) is 1. The van der Waals surface area contributed by atoms with Crippen molar-refractivity contribution < 1.29 is 23.1 Å². The number of amides is 1. The summed E-state index contributed by atoms with van der Waals surface area (Å²) in [6, 6.07) is 5.97. The third-order valence-electron chi connectivity index (χ3n) is 5.13. The molecule has 1 aromatic rings. The quantitative estimate of drug-likeness (QED) is 0.859. The Morgan fingerprint density at radius 2 is 1.58 bits per heavy atom. The predicted molar refractivity (Wildman–Crippen MR) is 95.3 cm³/mol. The van der Waals surface area contributed by atoms with Gasteiger partial charge in [-0.3, -0.25) is 9.59 Å². The van der Waals surface area contributed by atoms with Crippen LogP contribution in [0.3, 0.4) is 0 Å². The van der Waals surface area contributed by atoms with Crippen LogP contribution in [-0.2, 0) is 14.8 Å². The molecule has 0 aliphatic carbocycles. The second-order valence-corrected chi connectivity index (χ2v) is 8.86. The SMILES string of the molecule is O=C(O)C1CCN(C(=O)c2ccc(S(=O)(=O)N3CCCCCC3)cc2)C1. The molecule has 1 unspecified atom stereocenters. The summed E-state index contributed by atoms with van der Waals surface area (Å²) in [5.41, 5.74) is 0.380. The number of sulfonamides is 1. The number of aliphatic carboxylic acids is 1. The van der Waals surface area contributed by atoms with E-state index >= 15 is 0 Å². The molecule has 2 aliphatic rings. The van der Waals surface area contributed by atoms with E-state index < -0.39 is 21.9 Å². The lowest BCUT2D eigenvalue weighted by Crippen LogP contribution is -2.32. The first-order valence-electron chi connectivity index (χ1n) is 9.02. The Morgan fingerprint density at radius 1 is 0.962 bits per heavy atom. The molecule has 1 atom stereocenters. The highest BCUT2D eigenvalue weighted by atomic mass is 32.2. The van der Waals surface area contributed by atoms with Crippen LogP contribution in [0.2, 0.25) is 0 Å². The van der Waals surface area contributed by atoms with E-state index in [-0.39, 0.29) is 17.3 Å². The lowest BCUT2D eigenvalue weighted by atomic mass is 10.1. The first kappa shape index (κ1) is 18.8. The van der Waals surface area contributed by atoms with Gasteiger partial charge in [-0.15, -0.1) is 0 Å². The number of hydrogen-bond acceptors (Lipinski definition) is 4. The number of carbonyl (C=O) groups is 2. The molecule has 7 nitrogen and oxygen atoms in total. The van der Waals surface area contributed by atoms with Crippen molar-refractivity contribution in [2.24, 2.45) is 5.92 Å². The fraction of sp³-hybridized carbons (Fsp3) is 0.556. The monoisotopic (exact) mass is 380 g/mol. The topological polar surface area (TPSA) is 95.0 Å². The number of nitrogens with zero attached hydrogens (tertiary/aromatic N) is 2. The average Bonchev–Trinajstić information content (AvgIpc) is 2.96. The van der Waals surface area contributed by atoms with Crippen LogP contribution in [0.4, 0.5) is 0 Å². The van der Waals surface area contributed by atoms with Gasteiger partial charge in [-0.2, -0.15) is 4.31 Å². The first-order chi connectivity index (χ1) is 12.4. The molecule has 0 aromatic heterocycles. The smallest absolute Gasteiger partial charge is 0.308 e. The standard InChI is InChI=1S/C18H24N2O5S/c21-17(19-12-9-15(13-19)18(22)23)14-5-7-16(8-6-14)26(24,25)20-10-3-1-2-4-11-20/h5-8,15H,1-4,9-13H2,(H,22,23). The van der Waals surface area contributed by atoms with Gasteiger partial charge in [-0.1, -0.05) is 12.8 Å². The van der Waals surface area contributed by atoms with Gasteiger partial charge in [0.2, 0.25) is 10.0 Å². The van der Waals surface area contributed by atoms with E-state index in [4.69, 9.17) is 5.11 Å². The van der Waals surface area contributed by atoms with Crippen LogP contribution in [0, 0.1) is 5.92 Å². The maximum absolute atomic E-state index is 12.8. The minimum atomic E-state index is -3.54. The third kappa shape index (κ3) is 3.91. The molecule has 8 heteroatoms. The molecular formula is C18H24N2O5S. The van der Waals surface area contributed by atoms with Crippen LogP contribution >= 0.6 is 0 Å². The highest BCUT2D eigenvalue weighted by Gasteiger charge is 2.31. The van der Waals surface area contributed by atoms with Crippen LogP contribution < -0.4 is 0 Å². The normalized spacial score (nSPS) is 22.2. The minimum Gasteiger partial charge on any atom is -0.481 e. The second kappa shape index (κ2) is 7.75. The van der Waals surface area contributed by atoms with E-state index in [0.29, 0.717) is 31.6 Å². The van der Waals surface area contributed by atoms with Gasteiger partial charge in [0.25, 0.3) is 5.91 Å². The Balaban J connectivity index is 1.72. The van der Waals surface area contributed by atoms with E-state index in [9.17, 15) is 18.0 Å². The Bertz CT molecular complexity index is 767. The first-order valence-corrected chi connectivity index (χ1v) is 10.5. The second-order valence-electron chi connectivity index (χ2n) is 6.92. The lowest BCUT2D eigenvalue weighted by molar-refractivity contribution is -0.141. The van der Waals surface area contributed by atoms with Gasteiger partial charge in [0.15, 0.2) is 0 Å². The molecule has 0 spiro atoms. The minimum absolute atomic E-state index is 0.195. The van der Waals surface area contributed by atoms with Crippen LogP contribution in [-0.4, -0.2) is 60.8 Å². The maximum atomic E-state index is 12.8. The molecule has 0 bridgehead atoms. The molecule has 3 rings (SSSR count). The summed E-state index contributed by atoms with van der Waals surface area (Å²) in [5, 5.41) is 9.04. The molecule has 1 amide bonds. The van der Waals surface area contributed by atoms with Crippen LogP contribution in [0.15, 0.2) is 29.2 Å². The summed E-state index contributed by atoms with van der Waals surface area (Å²) in [4.78, 5) is 25.2. The number of benzene rings is 1. The fourth-order valence-corrected chi connectivity index (χ4v) is 5.05. The summed E-state index contributed by atoms with van der Waals surface area (Å²) < 4.78 is 27.0. The molecule has 1 aromatic carbocycles. The van der Waals surface area contributed by atoms with Crippen molar-refractivity contribution in [2.75, 3.05) is 26.2 Å². The predicted octanol–water partition coefficient (Wildman–Crippen LogP) is 1.80. The fourth-order valence-electron chi connectivity index (χ4n) is 3.53. The molecule has 0 radical (unpaired) electrons. The Hall–Kier alpha value is -1.93. The van der Waals surface area contributed by atoms with Crippen molar-refractivity contribution in [1.82, 2.24) is 9.21 Å². The zero-order valence-electron chi connectivity index (χ0n) is 14.6. The lowest BCUT2D eigenvalue weighted by Gasteiger charge is -2.20. The summed E-state index contributed by atoms with van der Waals surface area (Å²) in [6.45, 7) is 1.67. The molecule has 142 valence electrons. The average molecular weight is 380 g/mol. The van der Waals surface area contributed by atoms with Crippen LogP contribution in [0.25, 0.3) is 0 Å². The van der Waals surface area contributed by atoms with Gasteiger partial charge >= 0.3 is 5.97 Å². The number of carboxylic acids is 1. The highest BCUT2D eigenvalue weighted by Crippen LogP contribution is 2.23. The third-order valence-corrected chi connectivity index (χ3v) is 7.04. The largest absolute Gasteiger partial charge is 0.481 e. The highest BCUT2D eigenvalue weighted by molar-refractivity contribution is 7.89. The summed E-state index contributed by atoms with van der Waals surface area (Å²) in [6.07, 6.45) is 4.28. The van der Waals surface area contributed by atoms with Crippen molar-refractivity contribution in [1.29, 1.82) is 0 Å².